The van der Waals surface area contributed by atoms with Crippen LogP contribution in [0.3, 0.4) is 0 Å². The van der Waals surface area contributed by atoms with Gasteiger partial charge in [-0.25, -0.2) is 12.7 Å². The molecule has 2 aromatic rings. The molecule has 0 aromatic heterocycles. The van der Waals surface area contributed by atoms with E-state index < -0.39 is 27.9 Å². The summed E-state index contributed by atoms with van der Waals surface area (Å²) < 4.78 is 32.8. The number of halogens is 1. The van der Waals surface area contributed by atoms with Crippen LogP contribution in [0.2, 0.25) is 0 Å². The third-order valence-corrected chi connectivity index (χ3v) is 6.80. The fraction of sp³-hybridized carbons (Fsp3) is 0.263. The topological polar surface area (TPSA) is 92.8 Å². The number of anilines is 1. The maximum atomic E-state index is 13.1. The van der Waals surface area contributed by atoms with E-state index in [-0.39, 0.29) is 17.7 Å². The fourth-order valence-corrected chi connectivity index (χ4v) is 5.20. The number of nitrogens with zero attached hydrogens (tertiary/aromatic N) is 1. The highest BCUT2D eigenvalue weighted by molar-refractivity contribution is 9.10. The minimum absolute atomic E-state index is 0.00899. The largest absolute Gasteiger partial charge is 0.496 e. The van der Waals surface area contributed by atoms with E-state index in [1.54, 1.807) is 31.2 Å². The zero-order chi connectivity index (χ0) is 20.5. The lowest BCUT2D eigenvalue weighted by Gasteiger charge is -2.24. The Morgan fingerprint density at radius 3 is 2.64 bits per heavy atom. The van der Waals surface area contributed by atoms with Crippen molar-refractivity contribution in [1.29, 1.82) is 0 Å². The van der Waals surface area contributed by atoms with Crippen molar-refractivity contribution in [3.05, 3.63) is 52.5 Å². The number of amides is 2. The molecule has 0 radical (unpaired) electrons. The number of aryl methyl sites for hydroxylation is 1. The predicted octanol–water partition coefficient (Wildman–Crippen LogP) is 3.08. The summed E-state index contributed by atoms with van der Waals surface area (Å²) in [5.74, 6) is -0.601. The maximum absolute atomic E-state index is 13.1. The molecule has 1 aliphatic heterocycles. The van der Waals surface area contributed by atoms with Gasteiger partial charge in [0.1, 0.15) is 11.8 Å². The lowest BCUT2D eigenvalue weighted by atomic mass is 10.2. The molecule has 7 nitrogen and oxygen atoms in total. The van der Waals surface area contributed by atoms with Crippen molar-refractivity contribution in [1.82, 2.24) is 4.31 Å². The number of methoxy groups -OCH3 is 1. The number of ether oxygens (including phenoxy) is 1. The molecule has 28 heavy (non-hydrogen) atoms. The van der Waals surface area contributed by atoms with Gasteiger partial charge in [0.2, 0.25) is 11.8 Å². The van der Waals surface area contributed by atoms with Crippen LogP contribution in [0.25, 0.3) is 0 Å². The molecule has 1 aliphatic rings. The van der Waals surface area contributed by atoms with Gasteiger partial charge in [-0.1, -0.05) is 22.0 Å². The van der Waals surface area contributed by atoms with E-state index >= 15 is 0 Å². The Labute approximate surface area is 171 Å². The average molecular weight is 467 g/mol. The second-order valence-electron chi connectivity index (χ2n) is 6.38. The van der Waals surface area contributed by atoms with Gasteiger partial charge in [0.15, 0.2) is 0 Å². The highest BCUT2D eigenvalue weighted by Crippen LogP contribution is 2.30. The molecule has 1 saturated heterocycles. The Balaban J connectivity index is 1.90. The van der Waals surface area contributed by atoms with Crippen LogP contribution >= 0.6 is 15.9 Å². The van der Waals surface area contributed by atoms with Gasteiger partial charge in [0.05, 0.1) is 12.0 Å². The Morgan fingerprint density at radius 2 is 2.00 bits per heavy atom. The van der Waals surface area contributed by atoms with Crippen LogP contribution in [-0.2, 0) is 19.6 Å². The minimum atomic E-state index is -4.17. The number of rotatable bonds is 5. The van der Waals surface area contributed by atoms with Gasteiger partial charge >= 0.3 is 0 Å². The molecular weight excluding hydrogens is 448 g/mol. The van der Waals surface area contributed by atoms with Crippen molar-refractivity contribution in [3.63, 3.8) is 0 Å². The van der Waals surface area contributed by atoms with E-state index in [9.17, 15) is 18.0 Å². The molecule has 0 spiro atoms. The second kappa shape index (κ2) is 7.92. The summed E-state index contributed by atoms with van der Waals surface area (Å²) in [6, 6.07) is 10.2. The maximum Gasteiger partial charge on any atom is 0.267 e. The molecule has 1 N–H and O–H groups in total. The SMILES string of the molecule is COc1ccc(S(=O)(=O)N2C(=O)CC[C@@H]2C(=O)Nc2cccc(Br)c2)cc1C. The average Bonchev–Trinajstić information content (AvgIpc) is 3.04. The van der Waals surface area contributed by atoms with Crippen molar-refractivity contribution in [2.24, 2.45) is 0 Å². The van der Waals surface area contributed by atoms with Crippen LogP contribution in [0.4, 0.5) is 5.69 Å². The first-order valence-electron chi connectivity index (χ1n) is 8.52. The van der Waals surface area contributed by atoms with E-state index in [1.807, 2.05) is 0 Å². The lowest BCUT2D eigenvalue weighted by Crippen LogP contribution is -2.45. The number of benzene rings is 2. The van der Waals surface area contributed by atoms with Crippen LogP contribution in [-0.4, -0.2) is 37.7 Å². The van der Waals surface area contributed by atoms with Crippen LogP contribution in [0, 0.1) is 6.92 Å². The van der Waals surface area contributed by atoms with Gasteiger partial charge in [0, 0.05) is 16.6 Å². The van der Waals surface area contributed by atoms with E-state index in [1.165, 1.54) is 25.3 Å². The molecule has 0 unspecified atom stereocenters. The van der Waals surface area contributed by atoms with Gasteiger partial charge in [0.25, 0.3) is 10.0 Å². The fourth-order valence-electron chi connectivity index (χ4n) is 3.12. The van der Waals surface area contributed by atoms with Crippen molar-refractivity contribution in [3.8, 4) is 5.75 Å². The normalized spacial score (nSPS) is 16.9. The Morgan fingerprint density at radius 1 is 1.25 bits per heavy atom. The van der Waals surface area contributed by atoms with Gasteiger partial charge in [-0.05, 0) is 55.3 Å². The number of hydrogen-bond donors (Lipinski definition) is 1. The smallest absolute Gasteiger partial charge is 0.267 e. The molecule has 2 amide bonds. The van der Waals surface area contributed by atoms with E-state index in [2.05, 4.69) is 21.2 Å². The molecule has 1 fully saturated rings. The first-order chi connectivity index (χ1) is 13.2. The summed E-state index contributed by atoms with van der Waals surface area (Å²) in [5.41, 5.74) is 1.13. The minimum Gasteiger partial charge on any atom is -0.496 e. The van der Waals surface area contributed by atoms with Crippen molar-refractivity contribution < 1.29 is 22.7 Å². The van der Waals surface area contributed by atoms with Crippen molar-refractivity contribution in [2.75, 3.05) is 12.4 Å². The number of sulfonamides is 1. The summed E-state index contributed by atoms with van der Waals surface area (Å²) in [6.07, 6.45) is 0.123. The molecule has 1 heterocycles. The first kappa shape index (κ1) is 20.3. The van der Waals surface area contributed by atoms with Crippen LogP contribution in [0.15, 0.2) is 51.8 Å². The van der Waals surface area contributed by atoms with Crippen molar-refractivity contribution in [2.45, 2.75) is 30.7 Å². The summed E-state index contributed by atoms with van der Waals surface area (Å²) in [6.45, 7) is 1.71. The standard InChI is InChI=1S/C19H19BrN2O5S/c1-12-10-15(6-8-17(12)27-2)28(25,26)22-16(7-9-18(22)23)19(24)21-14-5-3-4-13(20)11-14/h3-6,8,10-11,16H,7,9H2,1-2H3,(H,21,24)/t16-/m1/s1. The number of nitrogens with one attached hydrogen (secondary N) is 1. The van der Waals surface area contributed by atoms with Gasteiger partial charge in [-0.2, -0.15) is 0 Å². The predicted molar refractivity (Wildman–Crippen MR) is 108 cm³/mol. The molecule has 0 saturated carbocycles. The summed E-state index contributed by atoms with van der Waals surface area (Å²) in [7, 11) is -2.68. The molecule has 2 aromatic carbocycles. The van der Waals surface area contributed by atoms with Crippen molar-refractivity contribution >= 4 is 43.5 Å². The highest BCUT2D eigenvalue weighted by atomic mass is 79.9. The molecule has 0 aliphatic carbocycles. The molecule has 9 heteroatoms. The van der Waals surface area contributed by atoms with E-state index in [0.717, 1.165) is 4.47 Å². The molecule has 3 rings (SSSR count). The number of carbonyl (C=O) groups excluding carboxylic acids is 2. The zero-order valence-corrected chi connectivity index (χ0v) is 17.7. The molecular formula is C19H19BrN2O5S. The quantitative estimate of drug-likeness (QED) is 0.730. The van der Waals surface area contributed by atoms with Crippen LogP contribution in [0.1, 0.15) is 18.4 Å². The molecule has 0 bridgehead atoms. The summed E-state index contributed by atoms with van der Waals surface area (Å²) in [5, 5.41) is 2.68. The molecule has 148 valence electrons. The number of carbonyl (C=O) groups is 2. The Kier molecular flexibility index (Phi) is 5.76. The van der Waals surface area contributed by atoms with Gasteiger partial charge in [-0.15, -0.1) is 0 Å². The van der Waals surface area contributed by atoms with Gasteiger partial charge in [-0.3, -0.25) is 9.59 Å². The van der Waals surface area contributed by atoms with Crippen LogP contribution in [0.5, 0.6) is 5.75 Å². The van der Waals surface area contributed by atoms with Crippen LogP contribution < -0.4 is 10.1 Å². The molecule has 1 atom stereocenters. The Hall–Kier alpha value is -2.39. The third-order valence-electron chi connectivity index (χ3n) is 4.48. The Bertz CT molecular complexity index is 1040. The van der Waals surface area contributed by atoms with E-state index in [4.69, 9.17) is 4.74 Å². The lowest BCUT2D eigenvalue weighted by molar-refractivity contribution is -0.128. The monoisotopic (exact) mass is 466 g/mol. The third kappa shape index (κ3) is 3.90. The van der Waals surface area contributed by atoms with E-state index in [0.29, 0.717) is 21.3 Å². The second-order valence-corrected chi connectivity index (χ2v) is 9.11. The zero-order valence-electron chi connectivity index (χ0n) is 15.3. The number of hydrogen-bond acceptors (Lipinski definition) is 5. The summed E-state index contributed by atoms with van der Waals surface area (Å²) in [4.78, 5) is 25.0. The first-order valence-corrected chi connectivity index (χ1v) is 10.8. The van der Waals surface area contributed by atoms with Gasteiger partial charge < -0.3 is 10.1 Å². The highest BCUT2D eigenvalue weighted by Gasteiger charge is 2.44. The summed E-state index contributed by atoms with van der Waals surface area (Å²) >= 11 is 3.32.